The van der Waals surface area contributed by atoms with Gasteiger partial charge in [0.2, 0.25) is 5.56 Å². The maximum atomic E-state index is 13.4. The second-order valence-electron chi connectivity index (χ2n) is 8.64. The van der Waals surface area contributed by atoms with E-state index in [2.05, 4.69) is 10.3 Å². The molecular weight excluding hydrogens is 434 g/mol. The van der Waals surface area contributed by atoms with Crippen molar-refractivity contribution in [3.63, 3.8) is 0 Å². The van der Waals surface area contributed by atoms with E-state index < -0.39 is 23.3 Å². The number of rotatable bonds is 8. The number of methoxy groups -OCH3 is 1. The van der Waals surface area contributed by atoms with Crippen molar-refractivity contribution in [1.82, 2.24) is 9.88 Å². The number of aliphatic hydroxyl groups excluding tert-OH is 1. The van der Waals surface area contributed by atoms with Crippen LogP contribution in [0.3, 0.4) is 0 Å². The lowest BCUT2D eigenvalue weighted by molar-refractivity contribution is -0.120. The highest BCUT2D eigenvalue weighted by Gasteiger charge is 2.30. The summed E-state index contributed by atoms with van der Waals surface area (Å²) in [6.45, 7) is 3.85. The molecule has 3 aromatic rings. The van der Waals surface area contributed by atoms with E-state index in [-0.39, 0.29) is 17.7 Å². The number of anilines is 1. The maximum Gasteiger partial charge on any atom is 0.256 e. The quantitative estimate of drug-likeness (QED) is 0.475. The minimum absolute atomic E-state index is 0.00406. The van der Waals surface area contributed by atoms with Crippen molar-refractivity contribution >= 4 is 17.5 Å². The average molecular weight is 464 g/mol. The number of hydrogen-bond acceptors (Lipinski definition) is 5. The third kappa shape index (κ3) is 5.52. The molecule has 1 heterocycles. The Morgan fingerprint density at radius 1 is 1.06 bits per heavy atom. The van der Waals surface area contributed by atoms with Gasteiger partial charge in [0, 0.05) is 30.4 Å². The Morgan fingerprint density at radius 2 is 1.71 bits per heavy atom. The van der Waals surface area contributed by atoms with Crippen LogP contribution in [0.1, 0.15) is 41.4 Å². The fourth-order valence-corrected chi connectivity index (χ4v) is 3.51. The van der Waals surface area contributed by atoms with Gasteiger partial charge in [-0.15, -0.1) is 0 Å². The van der Waals surface area contributed by atoms with Gasteiger partial charge in [-0.3, -0.25) is 14.4 Å². The number of likely N-dealkylation sites (N-methyl/N-ethyl adjacent to an activating group) is 1. The molecule has 3 N–H and O–H groups in total. The third-order valence-electron chi connectivity index (χ3n) is 5.75. The molecule has 0 saturated heterocycles. The summed E-state index contributed by atoms with van der Waals surface area (Å²) >= 11 is 0. The van der Waals surface area contributed by atoms with Gasteiger partial charge in [-0.2, -0.15) is 0 Å². The number of ether oxygens (including phenoxy) is 1. The Bertz CT molecular complexity index is 1180. The van der Waals surface area contributed by atoms with Crippen LogP contribution in [0.15, 0.2) is 71.7 Å². The molecule has 8 nitrogen and oxygen atoms in total. The van der Waals surface area contributed by atoms with E-state index in [4.69, 9.17) is 4.74 Å². The fourth-order valence-electron chi connectivity index (χ4n) is 3.51. The van der Waals surface area contributed by atoms with E-state index in [0.717, 1.165) is 5.56 Å². The number of benzene rings is 2. The van der Waals surface area contributed by atoms with Gasteiger partial charge in [0.05, 0.1) is 19.3 Å². The van der Waals surface area contributed by atoms with Crippen LogP contribution in [0.4, 0.5) is 5.69 Å². The predicted octanol–water partition coefficient (Wildman–Crippen LogP) is 3.11. The van der Waals surface area contributed by atoms with Crippen LogP contribution in [-0.2, 0) is 10.2 Å². The monoisotopic (exact) mass is 463 g/mol. The first-order valence-electron chi connectivity index (χ1n) is 10.8. The number of aromatic amines is 1. The smallest absolute Gasteiger partial charge is 0.256 e. The Hall–Kier alpha value is -3.91. The van der Waals surface area contributed by atoms with Gasteiger partial charge in [-0.05, 0) is 41.5 Å². The molecule has 1 atom stereocenters. The van der Waals surface area contributed by atoms with E-state index in [9.17, 15) is 19.5 Å². The van der Waals surface area contributed by atoms with Crippen LogP contribution in [0, 0.1) is 0 Å². The molecule has 178 valence electrons. The van der Waals surface area contributed by atoms with Crippen molar-refractivity contribution < 1.29 is 19.4 Å². The van der Waals surface area contributed by atoms with Gasteiger partial charge in [0.1, 0.15) is 11.8 Å². The number of hydrogen-bond donors (Lipinski definition) is 3. The van der Waals surface area contributed by atoms with Gasteiger partial charge in [-0.1, -0.05) is 38.1 Å². The number of H-pyrrole nitrogens is 1. The Balaban J connectivity index is 1.91. The highest BCUT2D eigenvalue weighted by atomic mass is 16.5. The molecule has 0 aliphatic carbocycles. The Labute approximate surface area is 198 Å². The molecule has 34 heavy (non-hydrogen) atoms. The van der Waals surface area contributed by atoms with E-state index in [1.54, 1.807) is 43.5 Å². The van der Waals surface area contributed by atoms with Crippen LogP contribution in [0.2, 0.25) is 0 Å². The van der Waals surface area contributed by atoms with Crippen molar-refractivity contribution in [3.05, 3.63) is 93.9 Å². The third-order valence-corrected chi connectivity index (χ3v) is 5.75. The van der Waals surface area contributed by atoms with E-state index >= 15 is 0 Å². The summed E-state index contributed by atoms with van der Waals surface area (Å²) in [7, 11) is 3.08. The zero-order valence-corrected chi connectivity index (χ0v) is 19.7. The van der Waals surface area contributed by atoms with E-state index in [1.165, 1.54) is 30.3 Å². The minimum Gasteiger partial charge on any atom is -0.497 e. The van der Waals surface area contributed by atoms with Crippen molar-refractivity contribution in [2.75, 3.05) is 26.1 Å². The number of aliphatic hydroxyl groups is 1. The van der Waals surface area contributed by atoms with Crippen molar-refractivity contribution in [1.29, 1.82) is 0 Å². The maximum absolute atomic E-state index is 13.4. The summed E-state index contributed by atoms with van der Waals surface area (Å²) in [6, 6.07) is 15.9. The SMILES string of the molecule is COc1ccc(C(C(=O)Nc2ccc(C(C)(C)CO)cc2)N(C)C(=O)c2ccc(=O)[nH]c2)cc1. The number of amides is 2. The zero-order chi connectivity index (χ0) is 24.9. The summed E-state index contributed by atoms with van der Waals surface area (Å²) in [5.41, 5.74) is 1.62. The summed E-state index contributed by atoms with van der Waals surface area (Å²) < 4.78 is 5.21. The van der Waals surface area contributed by atoms with Crippen molar-refractivity contribution in [2.24, 2.45) is 0 Å². The number of nitrogens with zero attached hydrogens (tertiary/aromatic N) is 1. The number of nitrogens with one attached hydrogen (secondary N) is 2. The molecule has 0 aliphatic rings. The average Bonchev–Trinajstić information content (AvgIpc) is 2.85. The lowest BCUT2D eigenvalue weighted by Crippen LogP contribution is -2.38. The van der Waals surface area contributed by atoms with Crippen LogP contribution >= 0.6 is 0 Å². The first-order valence-corrected chi connectivity index (χ1v) is 10.8. The van der Waals surface area contributed by atoms with Crippen LogP contribution in [-0.4, -0.2) is 47.6 Å². The Morgan fingerprint density at radius 3 is 2.24 bits per heavy atom. The van der Waals surface area contributed by atoms with Crippen LogP contribution in [0.5, 0.6) is 5.75 Å². The molecule has 0 saturated carbocycles. The molecule has 0 bridgehead atoms. The van der Waals surface area contributed by atoms with Crippen LogP contribution in [0.25, 0.3) is 0 Å². The van der Waals surface area contributed by atoms with Crippen LogP contribution < -0.4 is 15.6 Å². The largest absolute Gasteiger partial charge is 0.497 e. The summed E-state index contributed by atoms with van der Waals surface area (Å²) in [4.78, 5) is 41.7. The van der Waals surface area contributed by atoms with Crippen molar-refractivity contribution in [2.45, 2.75) is 25.3 Å². The summed E-state index contributed by atoms with van der Waals surface area (Å²) in [5, 5.41) is 12.5. The highest BCUT2D eigenvalue weighted by molar-refractivity contribution is 6.01. The standard InChI is InChI=1S/C26H29N3O5/c1-26(2,16-30)19-8-10-20(11-9-19)28-24(32)23(17-5-12-21(34-4)13-6-17)29(3)25(33)18-7-14-22(31)27-15-18/h5-15,23,30H,16H2,1-4H3,(H,27,31)(H,28,32). The first-order chi connectivity index (χ1) is 16.2. The van der Waals surface area contributed by atoms with Crippen molar-refractivity contribution in [3.8, 4) is 5.75 Å². The van der Waals surface area contributed by atoms with Gasteiger partial charge < -0.3 is 25.0 Å². The number of carbonyl (C=O) groups excluding carboxylic acids is 2. The number of carbonyl (C=O) groups is 2. The van der Waals surface area contributed by atoms with Gasteiger partial charge in [0.15, 0.2) is 0 Å². The second kappa shape index (κ2) is 10.4. The fraction of sp³-hybridized carbons (Fsp3) is 0.269. The minimum atomic E-state index is -0.945. The Kier molecular flexibility index (Phi) is 7.53. The van der Waals surface area contributed by atoms with Gasteiger partial charge >= 0.3 is 0 Å². The summed E-state index contributed by atoms with van der Waals surface area (Å²) in [6.07, 6.45) is 1.33. The molecule has 8 heteroatoms. The normalized spacial score (nSPS) is 12.0. The lowest BCUT2D eigenvalue weighted by Gasteiger charge is -2.28. The number of pyridine rings is 1. The molecule has 0 fully saturated rings. The molecule has 3 rings (SSSR count). The van der Waals surface area contributed by atoms with E-state index in [0.29, 0.717) is 17.0 Å². The first kappa shape index (κ1) is 24.7. The topological polar surface area (TPSA) is 112 Å². The second-order valence-corrected chi connectivity index (χ2v) is 8.64. The van der Waals surface area contributed by atoms with Gasteiger partial charge in [-0.25, -0.2) is 0 Å². The van der Waals surface area contributed by atoms with Gasteiger partial charge in [0.25, 0.3) is 11.8 Å². The molecular formula is C26H29N3O5. The number of aromatic nitrogens is 1. The lowest BCUT2D eigenvalue weighted by atomic mass is 9.85. The zero-order valence-electron chi connectivity index (χ0n) is 19.7. The molecule has 0 spiro atoms. The molecule has 1 aromatic heterocycles. The molecule has 0 aliphatic heterocycles. The predicted molar refractivity (Wildman–Crippen MR) is 130 cm³/mol. The molecule has 0 radical (unpaired) electrons. The molecule has 1 unspecified atom stereocenters. The molecule has 2 amide bonds. The molecule has 2 aromatic carbocycles. The van der Waals surface area contributed by atoms with E-state index in [1.807, 2.05) is 26.0 Å². The summed E-state index contributed by atoms with van der Waals surface area (Å²) in [5.74, 6) is -0.202. The highest BCUT2D eigenvalue weighted by Crippen LogP contribution is 2.27.